The Morgan fingerprint density at radius 3 is 2.33 bits per heavy atom. The summed E-state index contributed by atoms with van der Waals surface area (Å²) in [7, 11) is 0. The van der Waals surface area contributed by atoms with Crippen LogP contribution in [0.3, 0.4) is 0 Å². The van der Waals surface area contributed by atoms with Crippen LogP contribution in [0.1, 0.15) is 64.2 Å². The van der Waals surface area contributed by atoms with Crippen molar-refractivity contribution in [2.24, 2.45) is 11.3 Å². The molecule has 2 heterocycles. The second kappa shape index (κ2) is 10.3. The smallest absolute Gasteiger partial charge is 0.413 e. The van der Waals surface area contributed by atoms with Crippen molar-refractivity contribution < 1.29 is 19.2 Å². The third-order valence-corrected chi connectivity index (χ3v) is 5.56. The molecule has 1 aromatic heterocycles. The molecule has 33 heavy (non-hydrogen) atoms. The number of piperidine rings is 1. The second-order valence-electron chi connectivity index (χ2n) is 10.6. The number of benzene rings is 1. The molecule has 0 radical (unpaired) electrons. The minimum absolute atomic E-state index is 0.108. The predicted octanol–water partition coefficient (Wildman–Crippen LogP) is 4.17. The highest BCUT2D eigenvalue weighted by Gasteiger charge is 2.28. The van der Waals surface area contributed by atoms with E-state index in [0.29, 0.717) is 36.9 Å². The minimum atomic E-state index is -0.368. The van der Waals surface area contributed by atoms with E-state index in [-0.39, 0.29) is 23.0 Å². The lowest BCUT2D eigenvalue weighted by Crippen LogP contribution is -2.45. The molecule has 2 aromatic rings. The molecule has 0 unspecified atom stereocenters. The van der Waals surface area contributed by atoms with Gasteiger partial charge < -0.3 is 19.8 Å². The zero-order chi connectivity index (χ0) is 24.1. The summed E-state index contributed by atoms with van der Waals surface area (Å²) in [4.78, 5) is 36.5. The molecule has 1 N–H and O–H groups in total. The number of carbonyl (C=O) groups is 2. The third kappa shape index (κ3) is 7.80. The molecule has 8 heteroatoms. The number of nitrogens with one attached hydrogen (secondary N) is 1. The Morgan fingerprint density at radius 1 is 1.09 bits per heavy atom. The molecular formula is C25H36N4O4. The maximum absolute atomic E-state index is 12.6. The Bertz CT molecular complexity index is 909. The molecule has 0 atom stereocenters. The average molecular weight is 457 g/mol. The number of aromatic nitrogens is 2. The Morgan fingerprint density at radius 2 is 1.76 bits per heavy atom. The average Bonchev–Trinajstić information content (AvgIpc) is 3.24. The molecule has 0 aliphatic carbocycles. The Labute approximate surface area is 196 Å². The van der Waals surface area contributed by atoms with Crippen molar-refractivity contribution in [3.63, 3.8) is 0 Å². The fourth-order valence-electron chi connectivity index (χ4n) is 4.39. The summed E-state index contributed by atoms with van der Waals surface area (Å²) in [5.41, 5.74) is 0.322. The summed E-state index contributed by atoms with van der Waals surface area (Å²) in [5.74, 6) is 0.676. The van der Waals surface area contributed by atoms with Crippen LogP contribution in [0.15, 0.2) is 43.0 Å². The lowest BCUT2D eigenvalue weighted by atomic mass is 9.81. The van der Waals surface area contributed by atoms with Crippen LogP contribution in [0.2, 0.25) is 0 Å². The quantitative estimate of drug-likeness (QED) is 0.676. The highest BCUT2D eigenvalue weighted by Crippen LogP contribution is 2.27. The van der Waals surface area contributed by atoms with Crippen LogP contribution in [-0.2, 0) is 0 Å². The van der Waals surface area contributed by atoms with Gasteiger partial charge in [-0.3, -0.25) is 4.79 Å². The largest absolute Gasteiger partial charge is 0.415 e. The fourth-order valence-corrected chi connectivity index (χ4v) is 4.39. The van der Waals surface area contributed by atoms with Gasteiger partial charge >= 0.3 is 6.09 Å². The van der Waals surface area contributed by atoms with Gasteiger partial charge in [0.2, 0.25) is 0 Å². The Kier molecular flexibility index (Phi) is 7.66. The van der Waals surface area contributed by atoms with Gasteiger partial charge in [0, 0.05) is 30.4 Å². The lowest BCUT2D eigenvalue weighted by molar-refractivity contribution is 0.0541. The van der Waals surface area contributed by atoms with E-state index >= 15 is 0 Å². The van der Waals surface area contributed by atoms with Gasteiger partial charge in [-0.1, -0.05) is 20.8 Å². The molecule has 0 spiro atoms. The van der Waals surface area contributed by atoms with E-state index in [9.17, 15) is 9.59 Å². The topological polar surface area (TPSA) is 85.7 Å². The zero-order valence-corrected chi connectivity index (χ0v) is 20.3. The highest BCUT2D eigenvalue weighted by molar-refractivity contribution is 5.94. The van der Waals surface area contributed by atoms with Gasteiger partial charge in [0.25, 0.3) is 5.91 Å². The molecule has 1 fully saturated rings. The number of ether oxygens (including phenoxy) is 1. The van der Waals surface area contributed by atoms with Crippen molar-refractivity contribution in [3.8, 4) is 5.75 Å². The summed E-state index contributed by atoms with van der Waals surface area (Å²) in [6.45, 7) is 12.4. The van der Waals surface area contributed by atoms with Crippen LogP contribution >= 0.6 is 0 Å². The maximum Gasteiger partial charge on any atom is 0.415 e. The van der Waals surface area contributed by atoms with E-state index in [1.54, 1.807) is 52.6 Å². The molecule has 1 aliphatic heterocycles. The zero-order valence-electron chi connectivity index (χ0n) is 20.3. The first-order chi connectivity index (χ1) is 15.5. The third-order valence-electron chi connectivity index (χ3n) is 5.56. The number of hydrogen-bond donors (Lipinski definition) is 1. The first kappa shape index (κ1) is 24.6. The molecule has 1 aliphatic rings. The number of hydrogen-bond acceptors (Lipinski definition) is 5. The van der Waals surface area contributed by atoms with E-state index in [1.165, 1.54) is 0 Å². The summed E-state index contributed by atoms with van der Waals surface area (Å²) >= 11 is 0. The van der Waals surface area contributed by atoms with Crippen molar-refractivity contribution in [1.82, 2.24) is 19.9 Å². The van der Waals surface area contributed by atoms with E-state index in [1.807, 2.05) is 13.8 Å². The monoisotopic (exact) mass is 456 g/mol. The van der Waals surface area contributed by atoms with Crippen molar-refractivity contribution >= 4 is 12.0 Å². The highest BCUT2D eigenvalue weighted by atomic mass is 16.7. The number of nitrogens with zero attached hydrogens (tertiary/aromatic N) is 3. The van der Waals surface area contributed by atoms with Gasteiger partial charge in [0.05, 0.1) is 6.20 Å². The minimum Gasteiger partial charge on any atom is -0.413 e. The van der Waals surface area contributed by atoms with E-state index < -0.39 is 0 Å². The Hall–Kier alpha value is -3.03. The van der Waals surface area contributed by atoms with Crippen LogP contribution < -0.4 is 14.9 Å². The van der Waals surface area contributed by atoms with Gasteiger partial charge in [0.1, 0.15) is 18.7 Å². The SMILES string of the molecule is CC(C)(C)CC(C)(C)NC(=O)c1ccc(OC(=O)N2CCC(COn3ccnc3)CC2)cc1. The Balaban J connectivity index is 1.45. The summed E-state index contributed by atoms with van der Waals surface area (Å²) < 4.78 is 7.11. The molecule has 1 aromatic carbocycles. The number of imidazole rings is 1. The molecule has 0 saturated carbocycles. The van der Waals surface area contributed by atoms with Crippen LogP contribution in [0.25, 0.3) is 0 Å². The van der Waals surface area contributed by atoms with Crippen molar-refractivity contribution in [2.45, 2.75) is 59.4 Å². The second-order valence-corrected chi connectivity index (χ2v) is 10.6. The van der Waals surface area contributed by atoms with Crippen LogP contribution in [0.5, 0.6) is 5.75 Å². The molecule has 1 saturated heterocycles. The number of amides is 2. The number of likely N-dealkylation sites (tertiary alicyclic amines) is 1. The van der Waals surface area contributed by atoms with Gasteiger partial charge in [-0.25, -0.2) is 9.78 Å². The predicted molar refractivity (Wildman–Crippen MR) is 126 cm³/mol. The lowest BCUT2D eigenvalue weighted by Gasteiger charge is -2.33. The molecule has 0 bridgehead atoms. The van der Waals surface area contributed by atoms with Crippen LogP contribution in [0.4, 0.5) is 4.79 Å². The maximum atomic E-state index is 12.6. The van der Waals surface area contributed by atoms with E-state index in [4.69, 9.17) is 9.57 Å². The standard InChI is InChI=1S/C25H36N4O4/c1-24(2,3)17-25(4,5)27-22(30)20-6-8-21(9-7-20)33-23(31)28-13-10-19(11-14-28)16-32-29-15-12-26-18-29/h6-9,12,15,18-19H,10-11,13-14,16-17H2,1-5H3,(H,27,30). The summed E-state index contributed by atoms with van der Waals surface area (Å²) in [6, 6.07) is 6.69. The molecular weight excluding hydrogens is 420 g/mol. The normalized spacial score (nSPS) is 15.2. The first-order valence-electron chi connectivity index (χ1n) is 11.5. The number of rotatable bonds is 7. The number of carbonyl (C=O) groups excluding carboxylic acids is 2. The van der Waals surface area contributed by atoms with Crippen molar-refractivity contribution in [1.29, 1.82) is 0 Å². The van der Waals surface area contributed by atoms with E-state index in [2.05, 4.69) is 31.1 Å². The molecule has 2 amide bonds. The van der Waals surface area contributed by atoms with E-state index in [0.717, 1.165) is 19.3 Å². The van der Waals surface area contributed by atoms with Gasteiger partial charge in [-0.05, 0) is 68.7 Å². The van der Waals surface area contributed by atoms with Gasteiger partial charge in [0.15, 0.2) is 0 Å². The van der Waals surface area contributed by atoms with Gasteiger partial charge in [-0.2, -0.15) is 4.73 Å². The summed E-state index contributed by atoms with van der Waals surface area (Å²) in [5, 5.41) is 3.09. The molecule has 180 valence electrons. The fraction of sp³-hybridized carbons (Fsp3) is 0.560. The van der Waals surface area contributed by atoms with Gasteiger partial charge in [-0.15, -0.1) is 0 Å². The summed E-state index contributed by atoms with van der Waals surface area (Å²) in [6.07, 6.45) is 7.25. The van der Waals surface area contributed by atoms with Crippen molar-refractivity contribution in [3.05, 3.63) is 48.5 Å². The molecule has 8 nitrogen and oxygen atoms in total. The van der Waals surface area contributed by atoms with Crippen LogP contribution in [-0.4, -0.2) is 51.9 Å². The molecule has 3 rings (SSSR count). The van der Waals surface area contributed by atoms with Crippen LogP contribution in [0, 0.1) is 11.3 Å². The first-order valence-corrected chi connectivity index (χ1v) is 11.5. The van der Waals surface area contributed by atoms with Crippen molar-refractivity contribution in [2.75, 3.05) is 19.7 Å².